The smallest absolute Gasteiger partial charge is 0.240 e. The molecule has 3 N–H and O–H groups in total. The van der Waals surface area contributed by atoms with Gasteiger partial charge in [0, 0.05) is 13.0 Å². The zero-order valence-corrected chi connectivity index (χ0v) is 8.21. The molecule has 1 aliphatic rings. The number of amides is 1. The minimum atomic E-state index is -0.301. The van der Waals surface area contributed by atoms with E-state index in [9.17, 15) is 4.79 Å². The molecule has 0 saturated carbocycles. The Morgan fingerprint density at radius 2 is 2.31 bits per heavy atom. The average Bonchev–Trinajstić information content (AvgIpc) is 2.50. The standard InChI is InChI=1S/C9H17N3O/c1-6(2)8(9(10)13)12-7-4-3-5-11-7/h6,8H,3-5H2,1-2H3,(H2,10,13)(H,11,12). The van der Waals surface area contributed by atoms with Crippen molar-refractivity contribution in [3.05, 3.63) is 0 Å². The van der Waals surface area contributed by atoms with Crippen LogP contribution in [-0.4, -0.2) is 24.3 Å². The molecule has 0 spiro atoms. The number of hydrogen-bond acceptors (Lipinski definition) is 3. The van der Waals surface area contributed by atoms with E-state index in [0.717, 1.165) is 25.2 Å². The van der Waals surface area contributed by atoms with E-state index in [0.29, 0.717) is 0 Å². The number of nitrogens with zero attached hydrogens (tertiary/aromatic N) is 1. The van der Waals surface area contributed by atoms with E-state index >= 15 is 0 Å². The molecule has 0 saturated heterocycles. The first kappa shape index (κ1) is 10.0. The van der Waals surface area contributed by atoms with Gasteiger partial charge >= 0.3 is 0 Å². The highest BCUT2D eigenvalue weighted by Crippen LogP contribution is 2.06. The molecule has 1 aliphatic heterocycles. The molecule has 1 amide bonds. The second-order valence-electron chi connectivity index (χ2n) is 3.70. The van der Waals surface area contributed by atoms with Gasteiger partial charge in [0.05, 0.1) is 5.84 Å². The molecular weight excluding hydrogens is 166 g/mol. The number of carbonyl (C=O) groups excluding carboxylic acids is 1. The lowest BCUT2D eigenvalue weighted by Crippen LogP contribution is -2.47. The van der Waals surface area contributed by atoms with Crippen molar-refractivity contribution in [3.8, 4) is 0 Å². The lowest BCUT2D eigenvalue weighted by atomic mass is 10.0. The van der Waals surface area contributed by atoms with Gasteiger partial charge in [-0.25, -0.2) is 0 Å². The Bertz CT molecular complexity index is 223. The molecule has 0 aromatic heterocycles. The number of nitrogens with two attached hydrogens (primary N) is 1. The Kier molecular flexibility index (Phi) is 3.28. The number of nitrogens with one attached hydrogen (secondary N) is 1. The molecular formula is C9H17N3O. The van der Waals surface area contributed by atoms with Gasteiger partial charge in [-0.05, 0) is 12.3 Å². The van der Waals surface area contributed by atoms with Crippen LogP contribution in [0.5, 0.6) is 0 Å². The van der Waals surface area contributed by atoms with E-state index in [1.807, 2.05) is 13.8 Å². The first-order chi connectivity index (χ1) is 6.11. The van der Waals surface area contributed by atoms with Gasteiger partial charge < -0.3 is 11.1 Å². The second-order valence-corrected chi connectivity index (χ2v) is 3.70. The largest absolute Gasteiger partial charge is 0.368 e. The molecule has 1 heterocycles. The SMILES string of the molecule is CC(C)C(NC1=NCCC1)C(N)=O. The Balaban J connectivity index is 2.51. The van der Waals surface area contributed by atoms with E-state index in [1.54, 1.807) is 0 Å². The summed E-state index contributed by atoms with van der Waals surface area (Å²) in [5, 5.41) is 3.09. The number of hydrogen-bond donors (Lipinski definition) is 2. The number of rotatable bonds is 3. The van der Waals surface area contributed by atoms with Crippen LogP contribution in [-0.2, 0) is 4.79 Å². The van der Waals surface area contributed by atoms with Gasteiger partial charge in [-0.2, -0.15) is 0 Å². The normalized spacial score (nSPS) is 18.5. The highest BCUT2D eigenvalue weighted by Gasteiger charge is 2.21. The molecule has 0 aromatic rings. The molecule has 0 aromatic carbocycles. The maximum Gasteiger partial charge on any atom is 0.240 e. The number of primary amides is 1. The Morgan fingerprint density at radius 3 is 2.69 bits per heavy atom. The minimum Gasteiger partial charge on any atom is -0.368 e. The van der Waals surface area contributed by atoms with Crippen molar-refractivity contribution in [2.24, 2.45) is 16.6 Å². The third-order valence-corrected chi connectivity index (χ3v) is 2.17. The van der Waals surface area contributed by atoms with Gasteiger partial charge in [-0.3, -0.25) is 9.79 Å². The van der Waals surface area contributed by atoms with Crippen LogP contribution in [0.3, 0.4) is 0 Å². The van der Waals surface area contributed by atoms with Crippen LogP contribution >= 0.6 is 0 Å². The van der Waals surface area contributed by atoms with Crippen molar-refractivity contribution in [3.63, 3.8) is 0 Å². The van der Waals surface area contributed by atoms with Crippen LogP contribution in [0.4, 0.5) is 0 Å². The first-order valence-corrected chi connectivity index (χ1v) is 4.70. The van der Waals surface area contributed by atoms with Gasteiger partial charge in [0.25, 0.3) is 0 Å². The summed E-state index contributed by atoms with van der Waals surface area (Å²) in [4.78, 5) is 15.3. The number of carbonyl (C=O) groups is 1. The lowest BCUT2D eigenvalue weighted by molar-refractivity contribution is -0.120. The van der Waals surface area contributed by atoms with E-state index < -0.39 is 0 Å². The van der Waals surface area contributed by atoms with Crippen molar-refractivity contribution < 1.29 is 4.79 Å². The fraction of sp³-hybridized carbons (Fsp3) is 0.778. The predicted molar refractivity (Wildman–Crippen MR) is 52.5 cm³/mol. The molecule has 0 fully saturated rings. The van der Waals surface area contributed by atoms with Crippen molar-refractivity contribution in [1.29, 1.82) is 0 Å². The molecule has 0 bridgehead atoms. The third kappa shape index (κ3) is 2.72. The first-order valence-electron chi connectivity index (χ1n) is 4.70. The van der Waals surface area contributed by atoms with E-state index in [-0.39, 0.29) is 17.9 Å². The molecule has 1 rings (SSSR count). The summed E-state index contributed by atoms with van der Waals surface area (Å²) in [7, 11) is 0. The highest BCUT2D eigenvalue weighted by atomic mass is 16.1. The maximum absolute atomic E-state index is 11.0. The molecule has 4 nitrogen and oxygen atoms in total. The average molecular weight is 183 g/mol. The van der Waals surface area contributed by atoms with Crippen molar-refractivity contribution >= 4 is 11.7 Å². The molecule has 0 aliphatic carbocycles. The summed E-state index contributed by atoms with van der Waals surface area (Å²) < 4.78 is 0. The van der Waals surface area contributed by atoms with Gasteiger partial charge in [0.15, 0.2) is 0 Å². The summed E-state index contributed by atoms with van der Waals surface area (Å²) in [6.45, 7) is 4.81. The fourth-order valence-electron chi connectivity index (χ4n) is 1.40. The zero-order chi connectivity index (χ0) is 9.84. The van der Waals surface area contributed by atoms with E-state index in [1.165, 1.54) is 0 Å². The molecule has 74 valence electrons. The number of amidine groups is 1. The third-order valence-electron chi connectivity index (χ3n) is 2.17. The van der Waals surface area contributed by atoms with Crippen molar-refractivity contribution in [1.82, 2.24) is 5.32 Å². The quantitative estimate of drug-likeness (QED) is 0.660. The van der Waals surface area contributed by atoms with Crippen LogP contribution in [0, 0.1) is 5.92 Å². The van der Waals surface area contributed by atoms with Crippen molar-refractivity contribution in [2.45, 2.75) is 32.7 Å². The Morgan fingerprint density at radius 1 is 1.62 bits per heavy atom. The van der Waals surface area contributed by atoms with Gasteiger partial charge in [-0.1, -0.05) is 13.8 Å². The summed E-state index contributed by atoms with van der Waals surface area (Å²) in [5.74, 6) is 0.836. The molecule has 4 heteroatoms. The van der Waals surface area contributed by atoms with Crippen LogP contribution < -0.4 is 11.1 Å². The summed E-state index contributed by atoms with van der Waals surface area (Å²) >= 11 is 0. The van der Waals surface area contributed by atoms with E-state index in [2.05, 4.69) is 10.3 Å². The van der Waals surface area contributed by atoms with Crippen molar-refractivity contribution in [2.75, 3.05) is 6.54 Å². The maximum atomic E-state index is 11.0. The topological polar surface area (TPSA) is 67.5 Å². The zero-order valence-electron chi connectivity index (χ0n) is 8.21. The van der Waals surface area contributed by atoms with Crippen LogP contribution in [0.15, 0.2) is 4.99 Å². The highest BCUT2D eigenvalue weighted by molar-refractivity contribution is 5.90. The fourth-order valence-corrected chi connectivity index (χ4v) is 1.40. The van der Waals surface area contributed by atoms with Crippen LogP contribution in [0.25, 0.3) is 0 Å². The molecule has 1 unspecified atom stereocenters. The van der Waals surface area contributed by atoms with Gasteiger partial charge in [-0.15, -0.1) is 0 Å². The number of aliphatic imine (C=N–C) groups is 1. The summed E-state index contributed by atoms with van der Waals surface area (Å²) in [6.07, 6.45) is 2.02. The van der Waals surface area contributed by atoms with Gasteiger partial charge in [0.2, 0.25) is 5.91 Å². The Hall–Kier alpha value is -1.06. The predicted octanol–water partition coefficient (Wildman–Crippen LogP) is 0.278. The molecule has 13 heavy (non-hydrogen) atoms. The van der Waals surface area contributed by atoms with E-state index in [4.69, 9.17) is 5.73 Å². The lowest BCUT2D eigenvalue weighted by Gasteiger charge is -2.19. The Labute approximate surface area is 78.6 Å². The monoisotopic (exact) mass is 183 g/mol. The van der Waals surface area contributed by atoms with Crippen LogP contribution in [0.1, 0.15) is 26.7 Å². The summed E-state index contributed by atoms with van der Waals surface area (Å²) in [6, 6.07) is -0.281. The molecule has 1 atom stereocenters. The summed E-state index contributed by atoms with van der Waals surface area (Å²) in [5.41, 5.74) is 5.26. The molecule has 0 radical (unpaired) electrons. The minimum absolute atomic E-state index is 0.209. The van der Waals surface area contributed by atoms with Crippen LogP contribution in [0.2, 0.25) is 0 Å². The second kappa shape index (κ2) is 4.25. The van der Waals surface area contributed by atoms with Gasteiger partial charge in [0.1, 0.15) is 6.04 Å².